The predicted molar refractivity (Wildman–Crippen MR) is 62.0 cm³/mol. The Labute approximate surface area is 95.6 Å². The average molecular weight is 219 g/mol. The fourth-order valence-corrected chi connectivity index (χ4v) is 1.84. The summed E-state index contributed by atoms with van der Waals surface area (Å²) in [5.41, 5.74) is 8.12. The summed E-state index contributed by atoms with van der Waals surface area (Å²) in [6.07, 6.45) is 2.11. The third kappa shape index (κ3) is 1.95. The number of esters is 1. The average Bonchev–Trinajstić information content (AvgIpc) is 3.07. The highest BCUT2D eigenvalue weighted by atomic mass is 16.5. The molecule has 0 amide bonds. The number of nitrogens with two attached hydrogens (primary N) is 1. The second-order valence-corrected chi connectivity index (χ2v) is 4.52. The van der Waals surface area contributed by atoms with Crippen molar-refractivity contribution in [1.29, 1.82) is 0 Å². The van der Waals surface area contributed by atoms with E-state index in [0.29, 0.717) is 0 Å². The Bertz CT molecular complexity index is 393. The quantitative estimate of drug-likeness (QED) is 0.790. The van der Waals surface area contributed by atoms with Crippen molar-refractivity contribution < 1.29 is 9.53 Å². The van der Waals surface area contributed by atoms with Gasteiger partial charge in [-0.05, 0) is 30.9 Å². The van der Waals surface area contributed by atoms with E-state index in [0.717, 1.165) is 24.0 Å². The van der Waals surface area contributed by atoms with E-state index in [9.17, 15) is 4.79 Å². The first kappa shape index (κ1) is 11.1. The van der Waals surface area contributed by atoms with E-state index in [2.05, 4.69) is 0 Å². The lowest BCUT2D eigenvalue weighted by atomic mass is 9.97. The van der Waals surface area contributed by atoms with Crippen LogP contribution in [0.25, 0.3) is 0 Å². The Hall–Kier alpha value is -1.35. The molecular formula is C13H17NO2. The second kappa shape index (κ2) is 3.91. The molecule has 16 heavy (non-hydrogen) atoms. The molecule has 3 nitrogen and oxygen atoms in total. The number of hydrogen-bond donors (Lipinski definition) is 1. The van der Waals surface area contributed by atoms with Gasteiger partial charge in [0.2, 0.25) is 0 Å². The third-order valence-corrected chi connectivity index (χ3v) is 3.33. The zero-order chi connectivity index (χ0) is 11.8. The summed E-state index contributed by atoms with van der Waals surface area (Å²) in [5.74, 6) is -0.423. The molecule has 2 N–H and O–H groups in total. The lowest BCUT2D eigenvalue weighted by Crippen LogP contribution is -2.18. The molecule has 1 atom stereocenters. The van der Waals surface area contributed by atoms with Gasteiger partial charge in [-0.25, -0.2) is 0 Å². The van der Waals surface area contributed by atoms with Crippen LogP contribution in [-0.2, 0) is 15.1 Å². The standard InChI is InChI=1S/C13H17NO2/c1-9(12(15)16-2)10-3-5-11(6-4-10)13(14)7-8-13/h3-6,9H,7-8,14H2,1-2H3. The molecule has 1 saturated carbocycles. The highest BCUT2D eigenvalue weighted by Gasteiger charge is 2.39. The van der Waals surface area contributed by atoms with Crippen LogP contribution in [0.5, 0.6) is 0 Å². The van der Waals surface area contributed by atoms with Gasteiger partial charge >= 0.3 is 5.97 Å². The molecule has 0 aromatic heterocycles. The van der Waals surface area contributed by atoms with Crippen LogP contribution < -0.4 is 5.73 Å². The molecule has 1 unspecified atom stereocenters. The minimum absolute atomic E-state index is 0.104. The zero-order valence-electron chi connectivity index (χ0n) is 9.69. The second-order valence-electron chi connectivity index (χ2n) is 4.52. The number of hydrogen-bond acceptors (Lipinski definition) is 3. The maximum absolute atomic E-state index is 11.4. The molecule has 0 bridgehead atoms. The predicted octanol–water partition coefficient (Wildman–Crippen LogP) is 1.91. The minimum Gasteiger partial charge on any atom is -0.469 e. The van der Waals surface area contributed by atoms with E-state index in [1.165, 1.54) is 7.11 Å². The van der Waals surface area contributed by atoms with Crippen LogP contribution in [0.4, 0.5) is 0 Å². The summed E-state index contributed by atoms with van der Waals surface area (Å²) in [6, 6.07) is 7.96. The van der Waals surface area contributed by atoms with Gasteiger partial charge in [-0.2, -0.15) is 0 Å². The molecule has 1 aromatic rings. The smallest absolute Gasteiger partial charge is 0.312 e. The summed E-state index contributed by atoms with van der Waals surface area (Å²) < 4.78 is 4.71. The van der Waals surface area contributed by atoms with Gasteiger partial charge in [0.25, 0.3) is 0 Å². The molecule has 1 aromatic carbocycles. The lowest BCUT2D eigenvalue weighted by molar-refractivity contribution is -0.141. The maximum atomic E-state index is 11.4. The van der Waals surface area contributed by atoms with Crippen LogP contribution in [0.15, 0.2) is 24.3 Å². The van der Waals surface area contributed by atoms with E-state index < -0.39 is 0 Å². The SMILES string of the molecule is COC(=O)C(C)c1ccc(C2(N)CC2)cc1. The van der Waals surface area contributed by atoms with E-state index >= 15 is 0 Å². The van der Waals surface area contributed by atoms with E-state index in [1.807, 2.05) is 31.2 Å². The van der Waals surface area contributed by atoms with E-state index in [4.69, 9.17) is 10.5 Å². The van der Waals surface area contributed by atoms with Gasteiger partial charge in [-0.1, -0.05) is 24.3 Å². The fourth-order valence-electron chi connectivity index (χ4n) is 1.84. The molecule has 0 saturated heterocycles. The largest absolute Gasteiger partial charge is 0.469 e. The number of ether oxygens (including phenoxy) is 1. The molecule has 3 heteroatoms. The van der Waals surface area contributed by atoms with Gasteiger partial charge in [0.1, 0.15) is 0 Å². The number of rotatable bonds is 3. The van der Waals surface area contributed by atoms with Crippen molar-refractivity contribution in [2.24, 2.45) is 5.73 Å². The van der Waals surface area contributed by atoms with E-state index in [-0.39, 0.29) is 17.4 Å². The van der Waals surface area contributed by atoms with Gasteiger partial charge in [0.15, 0.2) is 0 Å². The first-order valence-electron chi connectivity index (χ1n) is 5.54. The van der Waals surface area contributed by atoms with Crippen molar-refractivity contribution in [2.75, 3.05) is 7.11 Å². The molecular weight excluding hydrogens is 202 g/mol. The third-order valence-electron chi connectivity index (χ3n) is 3.33. The molecule has 0 spiro atoms. The first-order valence-corrected chi connectivity index (χ1v) is 5.54. The fraction of sp³-hybridized carbons (Fsp3) is 0.462. The molecule has 1 fully saturated rings. The summed E-state index contributed by atoms with van der Waals surface area (Å²) in [7, 11) is 1.41. The van der Waals surface area contributed by atoms with Crippen molar-refractivity contribution in [3.8, 4) is 0 Å². The van der Waals surface area contributed by atoms with Crippen molar-refractivity contribution in [3.63, 3.8) is 0 Å². The van der Waals surface area contributed by atoms with Gasteiger partial charge in [0, 0.05) is 5.54 Å². The minimum atomic E-state index is -0.216. The van der Waals surface area contributed by atoms with E-state index in [1.54, 1.807) is 0 Å². The van der Waals surface area contributed by atoms with Crippen LogP contribution in [0.2, 0.25) is 0 Å². The molecule has 1 aliphatic carbocycles. The first-order chi connectivity index (χ1) is 7.57. The Morgan fingerprint density at radius 3 is 2.38 bits per heavy atom. The maximum Gasteiger partial charge on any atom is 0.312 e. The highest BCUT2D eigenvalue weighted by Crippen LogP contribution is 2.42. The van der Waals surface area contributed by atoms with Crippen molar-refractivity contribution in [1.82, 2.24) is 0 Å². The van der Waals surface area contributed by atoms with Crippen molar-refractivity contribution >= 4 is 5.97 Å². The Balaban J connectivity index is 2.16. The summed E-state index contributed by atoms with van der Waals surface area (Å²) >= 11 is 0. The van der Waals surface area contributed by atoms with Crippen LogP contribution in [0, 0.1) is 0 Å². The molecule has 0 radical (unpaired) electrons. The van der Waals surface area contributed by atoms with Crippen LogP contribution in [-0.4, -0.2) is 13.1 Å². The highest BCUT2D eigenvalue weighted by molar-refractivity contribution is 5.77. The Kier molecular flexibility index (Phi) is 2.72. The molecule has 0 aliphatic heterocycles. The normalized spacial score (nSPS) is 18.9. The summed E-state index contributed by atoms with van der Waals surface area (Å²) in [6.45, 7) is 1.84. The van der Waals surface area contributed by atoms with Gasteiger partial charge in [-0.15, -0.1) is 0 Å². The number of carbonyl (C=O) groups excluding carboxylic acids is 1. The van der Waals surface area contributed by atoms with Crippen molar-refractivity contribution in [3.05, 3.63) is 35.4 Å². The molecule has 86 valence electrons. The van der Waals surface area contributed by atoms with Crippen LogP contribution in [0.1, 0.15) is 36.8 Å². The number of carbonyl (C=O) groups is 1. The molecule has 1 aliphatic rings. The number of benzene rings is 1. The molecule has 0 heterocycles. The summed E-state index contributed by atoms with van der Waals surface area (Å²) in [5, 5.41) is 0. The number of methoxy groups -OCH3 is 1. The summed E-state index contributed by atoms with van der Waals surface area (Å²) in [4.78, 5) is 11.4. The van der Waals surface area contributed by atoms with Gasteiger partial charge in [0.05, 0.1) is 13.0 Å². The lowest BCUT2D eigenvalue weighted by Gasteiger charge is -2.12. The Morgan fingerprint density at radius 2 is 1.94 bits per heavy atom. The molecule has 2 rings (SSSR count). The van der Waals surface area contributed by atoms with Crippen LogP contribution >= 0.6 is 0 Å². The van der Waals surface area contributed by atoms with Gasteiger partial charge in [-0.3, -0.25) is 4.79 Å². The topological polar surface area (TPSA) is 52.3 Å². The van der Waals surface area contributed by atoms with Crippen LogP contribution in [0.3, 0.4) is 0 Å². The zero-order valence-corrected chi connectivity index (χ0v) is 9.69. The van der Waals surface area contributed by atoms with Gasteiger partial charge < -0.3 is 10.5 Å². The monoisotopic (exact) mass is 219 g/mol. The van der Waals surface area contributed by atoms with Crippen molar-refractivity contribution in [2.45, 2.75) is 31.2 Å². The Morgan fingerprint density at radius 1 is 1.38 bits per heavy atom.